The topological polar surface area (TPSA) is 237 Å². The lowest BCUT2D eigenvalue weighted by Crippen LogP contribution is -2.30. The first-order valence-electron chi connectivity index (χ1n) is 19.7. The summed E-state index contributed by atoms with van der Waals surface area (Å²) in [6.07, 6.45) is 11.8. The number of rotatable bonds is 37. The lowest BCUT2D eigenvalue weighted by atomic mass is 10.1. The zero-order valence-electron chi connectivity index (χ0n) is 33.4. The van der Waals surface area contributed by atoms with E-state index in [1.165, 1.54) is 32.1 Å². The van der Waals surface area contributed by atoms with Crippen LogP contribution in [0.4, 0.5) is 0 Å². The van der Waals surface area contributed by atoms with Gasteiger partial charge in [-0.05, 0) is 19.3 Å². The van der Waals surface area contributed by atoms with Crippen molar-refractivity contribution < 1.29 is 80.2 Å². The van der Waals surface area contributed by atoms with Crippen molar-refractivity contribution in [3.05, 3.63) is 0 Å². The summed E-state index contributed by atoms with van der Waals surface area (Å²) in [4.78, 5) is 68.1. The first-order chi connectivity index (χ1) is 26.1. The van der Waals surface area contributed by atoms with Gasteiger partial charge in [0.15, 0.2) is 12.2 Å². The van der Waals surface area contributed by atoms with Crippen molar-refractivity contribution in [2.24, 2.45) is 0 Å². The van der Waals surface area contributed by atoms with E-state index in [0.29, 0.717) is 19.3 Å². The molecular formula is C36H68O17P2. The number of esters is 4. The fourth-order valence-corrected chi connectivity index (χ4v) is 6.42. The van der Waals surface area contributed by atoms with E-state index < -0.39 is 97.5 Å². The number of hydrogen-bond donors (Lipinski definition) is 3. The number of phosphoric acid groups is 2. The molecule has 0 spiro atoms. The lowest BCUT2D eigenvalue weighted by Gasteiger charge is -2.21. The van der Waals surface area contributed by atoms with Gasteiger partial charge < -0.3 is 33.8 Å². The number of carbonyl (C=O) groups excluding carboxylic acids is 4. The summed E-state index contributed by atoms with van der Waals surface area (Å²) in [5, 5.41) is 10.1. The third-order valence-electron chi connectivity index (χ3n) is 7.90. The number of phosphoric ester groups is 2. The quantitative estimate of drug-likeness (QED) is 0.0247. The van der Waals surface area contributed by atoms with E-state index >= 15 is 0 Å². The molecule has 0 aromatic heterocycles. The first-order valence-corrected chi connectivity index (χ1v) is 22.7. The number of hydrogen-bond acceptors (Lipinski definition) is 15. The Kier molecular flexibility index (Phi) is 31.9. The molecule has 324 valence electrons. The van der Waals surface area contributed by atoms with Crippen LogP contribution in [0, 0.1) is 0 Å². The van der Waals surface area contributed by atoms with Crippen LogP contribution in [-0.4, -0.2) is 96.7 Å². The molecule has 0 aliphatic heterocycles. The number of ether oxygens (including phenoxy) is 4. The molecule has 0 rings (SSSR count). The zero-order chi connectivity index (χ0) is 41.4. The maximum Gasteiger partial charge on any atom is 0.472 e. The molecule has 55 heavy (non-hydrogen) atoms. The number of aliphatic hydroxyl groups is 1. The summed E-state index contributed by atoms with van der Waals surface area (Å²) in [5.41, 5.74) is 0. The van der Waals surface area contributed by atoms with Crippen LogP contribution in [0.25, 0.3) is 0 Å². The van der Waals surface area contributed by atoms with E-state index in [2.05, 4.69) is 6.92 Å². The van der Waals surface area contributed by atoms with Gasteiger partial charge >= 0.3 is 39.5 Å². The highest BCUT2D eigenvalue weighted by atomic mass is 31.2. The summed E-state index contributed by atoms with van der Waals surface area (Å²) < 4.78 is 64.7. The van der Waals surface area contributed by atoms with Crippen molar-refractivity contribution in [1.29, 1.82) is 0 Å². The maximum absolute atomic E-state index is 12.5. The predicted octanol–water partition coefficient (Wildman–Crippen LogP) is 7.02. The molecular weight excluding hydrogens is 766 g/mol. The van der Waals surface area contributed by atoms with Gasteiger partial charge in [-0.1, -0.05) is 104 Å². The van der Waals surface area contributed by atoms with Crippen LogP contribution in [-0.2, 0) is 65.4 Å². The summed E-state index contributed by atoms with van der Waals surface area (Å²) in [7, 11) is -9.75. The Morgan fingerprint density at radius 1 is 0.473 bits per heavy atom. The predicted molar refractivity (Wildman–Crippen MR) is 202 cm³/mol. The van der Waals surface area contributed by atoms with E-state index in [1.807, 2.05) is 13.8 Å². The van der Waals surface area contributed by atoms with E-state index in [-0.39, 0.29) is 19.3 Å². The van der Waals surface area contributed by atoms with Gasteiger partial charge in [0.1, 0.15) is 19.3 Å². The highest BCUT2D eigenvalue weighted by Gasteiger charge is 2.30. The summed E-state index contributed by atoms with van der Waals surface area (Å²) in [5.74, 6) is -2.42. The Bertz CT molecular complexity index is 1140. The fraction of sp³-hybridized carbons (Fsp3) is 0.889. The molecule has 0 amide bonds. The minimum absolute atomic E-state index is 0.103. The number of carbonyl (C=O) groups is 4. The fourth-order valence-electron chi connectivity index (χ4n) is 4.84. The van der Waals surface area contributed by atoms with Crippen LogP contribution in [0.3, 0.4) is 0 Å². The van der Waals surface area contributed by atoms with Crippen LogP contribution < -0.4 is 0 Å². The molecule has 0 aromatic carbocycles. The molecule has 0 aliphatic carbocycles. The molecule has 0 saturated carbocycles. The SMILES string of the molecule is CCCCCCCCCCCCC(=O)O[C@H](COC(=O)CCCC)COP(=O)(O)OC[C@@H](O)COP(=O)(O)OC[C@@H](COC(=O)CCCCCC)OC(C)=O. The zero-order valence-corrected chi connectivity index (χ0v) is 35.2. The van der Waals surface area contributed by atoms with Gasteiger partial charge in [-0.15, -0.1) is 0 Å². The largest absolute Gasteiger partial charge is 0.472 e. The normalized spacial score (nSPS) is 15.3. The molecule has 0 radical (unpaired) electrons. The van der Waals surface area contributed by atoms with E-state index in [1.54, 1.807) is 0 Å². The molecule has 0 bridgehead atoms. The van der Waals surface area contributed by atoms with Gasteiger partial charge in [-0.25, -0.2) is 9.13 Å². The Morgan fingerprint density at radius 2 is 0.818 bits per heavy atom. The molecule has 0 aromatic rings. The molecule has 19 heteroatoms. The average Bonchev–Trinajstić information content (AvgIpc) is 3.13. The molecule has 0 heterocycles. The Balaban J connectivity index is 4.81. The molecule has 17 nitrogen and oxygen atoms in total. The second-order valence-electron chi connectivity index (χ2n) is 13.3. The summed E-state index contributed by atoms with van der Waals surface area (Å²) in [6, 6.07) is 0. The van der Waals surface area contributed by atoms with E-state index in [9.17, 15) is 43.2 Å². The van der Waals surface area contributed by atoms with E-state index in [4.69, 9.17) is 37.0 Å². The summed E-state index contributed by atoms with van der Waals surface area (Å²) >= 11 is 0. The van der Waals surface area contributed by atoms with Crippen molar-refractivity contribution in [2.75, 3.05) is 39.6 Å². The second-order valence-corrected chi connectivity index (χ2v) is 16.2. The van der Waals surface area contributed by atoms with Crippen molar-refractivity contribution in [3.63, 3.8) is 0 Å². The highest BCUT2D eigenvalue weighted by molar-refractivity contribution is 7.47. The first kappa shape index (κ1) is 53.1. The average molecular weight is 835 g/mol. The minimum Gasteiger partial charge on any atom is -0.462 e. The molecule has 0 saturated heterocycles. The van der Waals surface area contributed by atoms with Gasteiger partial charge in [-0.2, -0.15) is 0 Å². The third kappa shape index (κ3) is 33.9. The van der Waals surface area contributed by atoms with Gasteiger partial charge in [0.25, 0.3) is 0 Å². The standard InChI is InChI=1S/C36H68O17P2/c1-5-8-11-13-14-15-16-17-18-20-23-36(41)53-33(27-47-34(39)21-10-7-3)29-51-55(44,45)49-25-31(38)24-48-54(42,43)50-28-32(52-30(4)37)26-46-35(40)22-19-12-9-6-2/h31-33,38H,5-29H2,1-4H3,(H,42,43)(H,44,45)/t31-,32+,33+/m0/s1. The molecule has 0 fully saturated rings. The van der Waals surface area contributed by atoms with Crippen molar-refractivity contribution in [2.45, 2.75) is 168 Å². The van der Waals surface area contributed by atoms with Crippen LogP contribution >= 0.6 is 15.6 Å². The Morgan fingerprint density at radius 3 is 1.25 bits per heavy atom. The van der Waals surface area contributed by atoms with Gasteiger partial charge in [0.2, 0.25) is 0 Å². The highest BCUT2D eigenvalue weighted by Crippen LogP contribution is 2.45. The molecule has 2 unspecified atom stereocenters. The number of aliphatic hydroxyl groups excluding tert-OH is 1. The lowest BCUT2D eigenvalue weighted by molar-refractivity contribution is -0.161. The van der Waals surface area contributed by atoms with Gasteiger partial charge in [0.05, 0.1) is 26.4 Å². The summed E-state index contributed by atoms with van der Waals surface area (Å²) in [6.45, 7) is 3.18. The van der Waals surface area contributed by atoms with Gasteiger partial charge in [-0.3, -0.25) is 37.3 Å². The third-order valence-corrected chi connectivity index (χ3v) is 9.80. The van der Waals surface area contributed by atoms with Crippen molar-refractivity contribution >= 4 is 39.5 Å². The minimum atomic E-state index is -4.89. The van der Waals surface area contributed by atoms with Crippen LogP contribution in [0.15, 0.2) is 0 Å². The smallest absolute Gasteiger partial charge is 0.462 e. The van der Waals surface area contributed by atoms with Crippen LogP contribution in [0.5, 0.6) is 0 Å². The second kappa shape index (κ2) is 33.1. The molecule has 0 aliphatic rings. The van der Waals surface area contributed by atoms with E-state index in [0.717, 1.165) is 58.3 Å². The Labute approximate surface area is 327 Å². The monoisotopic (exact) mass is 834 g/mol. The molecule has 5 atom stereocenters. The maximum atomic E-state index is 12.5. The van der Waals surface area contributed by atoms with Crippen LogP contribution in [0.1, 0.15) is 150 Å². The Hall–Kier alpha value is -1.94. The van der Waals surface area contributed by atoms with Gasteiger partial charge in [0, 0.05) is 26.2 Å². The van der Waals surface area contributed by atoms with Crippen molar-refractivity contribution in [1.82, 2.24) is 0 Å². The van der Waals surface area contributed by atoms with Crippen molar-refractivity contribution in [3.8, 4) is 0 Å². The number of unbranched alkanes of at least 4 members (excludes halogenated alkanes) is 13. The molecule has 3 N–H and O–H groups in total. The van der Waals surface area contributed by atoms with Crippen LogP contribution in [0.2, 0.25) is 0 Å².